The molecule has 14 heavy (non-hydrogen) atoms. The van der Waals surface area contributed by atoms with Crippen molar-refractivity contribution in [1.82, 2.24) is 0 Å². The van der Waals surface area contributed by atoms with E-state index in [2.05, 4.69) is 10.5 Å². The molecule has 70 valence electrons. The van der Waals surface area contributed by atoms with Crippen LogP contribution in [0.4, 0.5) is 11.4 Å². The maximum Gasteiger partial charge on any atom is 0.115 e. The lowest BCUT2D eigenvalue weighted by Crippen LogP contribution is -1.88. The molecule has 0 bridgehead atoms. The highest BCUT2D eigenvalue weighted by atomic mass is 16.3. The van der Waals surface area contributed by atoms with Crippen LogP contribution >= 0.6 is 0 Å². The zero-order valence-electron chi connectivity index (χ0n) is 7.82. The zero-order valence-corrected chi connectivity index (χ0v) is 7.82. The molecule has 0 radical (unpaired) electrons. The topological polar surface area (TPSA) is 41.5 Å². The monoisotopic (exact) mass is 186 g/mol. The molecule has 0 saturated heterocycles. The molecule has 0 aromatic heterocycles. The van der Waals surface area contributed by atoms with Gasteiger partial charge in [-0.2, -0.15) is 0 Å². The smallest absolute Gasteiger partial charge is 0.115 e. The van der Waals surface area contributed by atoms with Crippen molar-refractivity contribution < 1.29 is 0 Å². The van der Waals surface area contributed by atoms with Crippen molar-refractivity contribution in [2.45, 2.75) is 0 Å². The van der Waals surface area contributed by atoms with Crippen LogP contribution in [-0.2, 0) is 0 Å². The van der Waals surface area contributed by atoms with Gasteiger partial charge in [-0.1, -0.05) is 24.3 Å². The molecule has 0 saturated carbocycles. The second-order valence-corrected chi connectivity index (χ2v) is 3.02. The number of hydrogen-bond acceptors (Lipinski definition) is 3. The predicted octanol–water partition coefficient (Wildman–Crippen LogP) is 3.28. The van der Waals surface area contributed by atoms with Crippen LogP contribution in [0.15, 0.2) is 41.6 Å². The molecule has 3 heteroatoms. The zero-order chi connectivity index (χ0) is 9.97. The summed E-state index contributed by atoms with van der Waals surface area (Å²) in [6, 6.07) is 11.3. The molecule has 3 nitrogen and oxygen atoms in total. The fraction of sp³-hybridized carbons (Fsp3) is 0.0909. The first kappa shape index (κ1) is 8.69. The van der Waals surface area contributed by atoms with Crippen molar-refractivity contribution in [3.05, 3.63) is 41.3 Å². The summed E-state index contributed by atoms with van der Waals surface area (Å²) in [7, 11) is 1.86. The third kappa shape index (κ3) is 1.23. The number of nitroso groups, excluding NO2 is 1. The number of rotatable bonds is 2. The van der Waals surface area contributed by atoms with Gasteiger partial charge in [-0.05, 0) is 17.3 Å². The Labute approximate surface area is 81.7 Å². The van der Waals surface area contributed by atoms with Crippen LogP contribution in [0.1, 0.15) is 0 Å². The Morgan fingerprint density at radius 1 is 1.07 bits per heavy atom. The average Bonchev–Trinajstić information content (AvgIpc) is 2.27. The van der Waals surface area contributed by atoms with Crippen LogP contribution in [0.2, 0.25) is 0 Å². The Morgan fingerprint density at radius 3 is 2.43 bits per heavy atom. The fourth-order valence-electron chi connectivity index (χ4n) is 1.58. The predicted molar refractivity (Wildman–Crippen MR) is 58.9 cm³/mol. The van der Waals surface area contributed by atoms with Gasteiger partial charge in [0.05, 0.1) is 0 Å². The molecule has 2 aromatic carbocycles. The van der Waals surface area contributed by atoms with Crippen LogP contribution in [0, 0.1) is 4.91 Å². The molecule has 0 aliphatic carbocycles. The third-order valence-corrected chi connectivity index (χ3v) is 2.27. The molecule has 2 rings (SSSR count). The molecular formula is C11H10N2O. The molecule has 1 N–H and O–H groups in total. The van der Waals surface area contributed by atoms with Gasteiger partial charge >= 0.3 is 0 Å². The SMILES string of the molecule is CNc1ccc(N=O)c2ccccc12. The number of nitrogens with zero attached hydrogens (tertiary/aromatic N) is 1. The Hall–Kier alpha value is -1.90. The van der Waals surface area contributed by atoms with Crippen molar-refractivity contribution in [2.75, 3.05) is 12.4 Å². The summed E-state index contributed by atoms with van der Waals surface area (Å²) in [5.74, 6) is 0. The summed E-state index contributed by atoms with van der Waals surface area (Å²) >= 11 is 0. The maximum atomic E-state index is 10.5. The lowest BCUT2D eigenvalue weighted by molar-refractivity contribution is 1.50. The number of hydrogen-bond donors (Lipinski definition) is 1. The van der Waals surface area contributed by atoms with Crippen molar-refractivity contribution in [3.63, 3.8) is 0 Å². The van der Waals surface area contributed by atoms with Crippen LogP contribution in [0.3, 0.4) is 0 Å². The van der Waals surface area contributed by atoms with Gasteiger partial charge in [-0.25, -0.2) is 0 Å². The van der Waals surface area contributed by atoms with Crippen molar-refractivity contribution >= 4 is 22.1 Å². The third-order valence-electron chi connectivity index (χ3n) is 2.27. The molecule has 0 atom stereocenters. The van der Waals surface area contributed by atoms with Gasteiger partial charge in [0, 0.05) is 23.5 Å². The van der Waals surface area contributed by atoms with Crippen LogP contribution < -0.4 is 5.32 Å². The molecule has 2 aromatic rings. The minimum Gasteiger partial charge on any atom is -0.388 e. The quantitative estimate of drug-likeness (QED) is 0.731. The largest absolute Gasteiger partial charge is 0.388 e. The molecule has 0 spiro atoms. The summed E-state index contributed by atoms with van der Waals surface area (Å²) in [5, 5.41) is 7.98. The van der Waals surface area contributed by atoms with Gasteiger partial charge in [0.25, 0.3) is 0 Å². The first-order valence-electron chi connectivity index (χ1n) is 4.39. The molecule has 0 heterocycles. The Morgan fingerprint density at radius 2 is 1.79 bits per heavy atom. The molecule has 0 aliphatic heterocycles. The normalized spacial score (nSPS) is 10.1. The van der Waals surface area contributed by atoms with Gasteiger partial charge in [0.1, 0.15) is 5.69 Å². The van der Waals surface area contributed by atoms with Gasteiger partial charge in [-0.15, -0.1) is 4.91 Å². The van der Waals surface area contributed by atoms with Gasteiger partial charge < -0.3 is 5.32 Å². The summed E-state index contributed by atoms with van der Waals surface area (Å²) in [6.07, 6.45) is 0. The first-order valence-corrected chi connectivity index (χ1v) is 4.39. The Balaban J connectivity index is 2.84. The van der Waals surface area contributed by atoms with E-state index in [1.807, 2.05) is 37.4 Å². The standard InChI is InChI=1S/C11H10N2O/c1-12-10-6-7-11(13-14)9-5-3-2-4-8(9)10/h2-7,12H,1H3. The number of nitrogens with one attached hydrogen (secondary N) is 1. The summed E-state index contributed by atoms with van der Waals surface area (Å²) in [5.41, 5.74) is 1.49. The minimum atomic E-state index is 0.486. The van der Waals surface area contributed by atoms with E-state index in [4.69, 9.17) is 0 Å². The molecule has 0 fully saturated rings. The van der Waals surface area contributed by atoms with Crippen molar-refractivity contribution in [2.24, 2.45) is 5.18 Å². The molecule has 0 unspecified atom stereocenters. The van der Waals surface area contributed by atoms with Gasteiger partial charge in [-0.3, -0.25) is 0 Å². The average molecular weight is 186 g/mol. The summed E-state index contributed by atoms with van der Waals surface area (Å²) in [6.45, 7) is 0. The minimum absolute atomic E-state index is 0.486. The Kier molecular flexibility index (Phi) is 2.14. The van der Waals surface area contributed by atoms with E-state index in [1.54, 1.807) is 6.07 Å². The number of benzene rings is 2. The second-order valence-electron chi connectivity index (χ2n) is 3.02. The lowest BCUT2D eigenvalue weighted by Gasteiger charge is -2.06. The van der Waals surface area contributed by atoms with Gasteiger partial charge in [0.15, 0.2) is 0 Å². The lowest BCUT2D eigenvalue weighted by atomic mass is 10.1. The molecule has 0 aliphatic rings. The van der Waals surface area contributed by atoms with Crippen LogP contribution in [0.5, 0.6) is 0 Å². The van der Waals surface area contributed by atoms with E-state index in [-0.39, 0.29) is 0 Å². The second kappa shape index (κ2) is 3.46. The maximum absolute atomic E-state index is 10.5. The van der Waals surface area contributed by atoms with E-state index in [9.17, 15) is 4.91 Å². The Bertz CT molecular complexity index is 480. The summed E-state index contributed by atoms with van der Waals surface area (Å²) < 4.78 is 0. The summed E-state index contributed by atoms with van der Waals surface area (Å²) in [4.78, 5) is 10.5. The fourth-order valence-corrected chi connectivity index (χ4v) is 1.58. The van der Waals surface area contributed by atoms with Crippen LogP contribution in [0.25, 0.3) is 10.8 Å². The number of anilines is 1. The van der Waals surface area contributed by atoms with E-state index >= 15 is 0 Å². The van der Waals surface area contributed by atoms with Gasteiger partial charge in [0.2, 0.25) is 0 Å². The van der Waals surface area contributed by atoms with Crippen LogP contribution in [-0.4, -0.2) is 7.05 Å². The highest BCUT2D eigenvalue weighted by Crippen LogP contribution is 2.31. The van der Waals surface area contributed by atoms with E-state index in [1.165, 1.54) is 0 Å². The number of fused-ring (bicyclic) bond motifs is 1. The highest BCUT2D eigenvalue weighted by Gasteiger charge is 2.03. The van der Waals surface area contributed by atoms with E-state index < -0.39 is 0 Å². The van der Waals surface area contributed by atoms with E-state index in [0.717, 1.165) is 16.5 Å². The molecule has 0 amide bonds. The van der Waals surface area contributed by atoms with E-state index in [0.29, 0.717) is 5.69 Å². The molecular weight excluding hydrogens is 176 g/mol. The first-order chi connectivity index (χ1) is 6.86. The highest BCUT2D eigenvalue weighted by molar-refractivity contribution is 6.00. The van der Waals surface area contributed by atoms with Crippen molar-refractivity contribution in [3.8, 4) is 0 Å². The van der Waals surface area contributed by atoms with Crippen molar-refractivity contribution in [1.29, 1.82) is 0 Å².